The number of nitrogens with two attached hydrogens (primary N) is 1. The SMILES string of the molecule is Cl.N[C@H](O)Cc1ccccc1. The van der Waals surface area contributed by atoms with E-state index in [2.05, 4.69) is 0 Å². The van der Waals surface area contributed by atoms with Crippen molar-refractivity contribution < 1.29 is 5.11 Å². The van der Waals surface area contributed by atoms with Crippen molar-refractivity contribution in [3.63, 3.8) is 0 Å². The van der Waals surface area contributed by atoms with Crippen molar-refractivity contribution in [2.45, 2.75) is 12.6 Å². The van der Waals surface area contributed by atoms with E-state index in [0.29, 0.717) is 6.42 Å². The number of hydrogen-bond acceptors (Lipinski definition) is 2. The van der Waals surface area contributed by atoms with Gasteiger partial charge in [-0.2, -0.15) is 0 Å². The van der Waals surface area contributed by atoms with Gasteiger partial charge in [0.2, 0.25) is 0 Å². The largest absolute Gasteiger partial charge is 0.378 e. The third kappa shape index (κ3) is 3.98. The van der Waals surface area contributed by atoms with Crippen LogP contribution in [0.2, 0.25) is 0 Å². The van der Waals surface area contributed by atoms with Crippen LogP contribution in [-0.4, -0.2) is 11.3 Å². The lowest BCUT2D eigenvalue weighted by Crippen LogP contribution is -2.21. The van der Waals surface area contributed by atoms with Gasteiger partial charge < -0.3 is 10.8 Å². The second kappa shape index (κ2) is 5.13. The Kier molecular flexibility index (Phi) is 4.86. The molecule has 1 atom stereocenters. The quantitative estimate of drug-likeness (QED) is 0.654. The summed E-state index contributed by atoms with van der Waals surface area (Å²) in [4.78, 5) is 0. The molecule has 0 spiro atoms. The maximum atomic E-state index is 8.78. The van der Waals surface area contributed by atoms with Gasteiger partial charge in [-0.15, -0.1) is 12.4 Å². The first-order chi connectivity index (χ1) is 4.79. The summed E-state index contributed by atoms with van der Waals surface area (Å²) in [6.07, 6.45) is -0.205. The van der Waals surface area contributed by atoms with E-state index in [1.165, 1.54) is 0 Å². The molecule has 62 valence electrons. The van der Waals surface area contributed by atoms with Crippen molar-refractivity contribution >= 4 is 12.4 Å². The number of benzene rings is 1. The molecule has 0 fully saturated rings. The lowest BCUT2D eigenvalue weighted by atomic mass is 10.1. The molecule has 1 rings (SSSR count). The van der Waals surface area contributed by atoms with Gasteiger partial charge in [0.25, 0.3) is 0 Å². The van der Waals surface area contributed by atoms with Crippen molar-refractivity contribution in [1.29, 1.82) is 0 Å². The molecule has 3 N–H and O–H groups in total. The molecule has 0 aliphatic heterocycles. The van der Waals surface area contributed by atoms with Gasteiger partial charge in [0.05, 0.1) is 0 Å². The van der Waals surface area contributed by atoms with Gasteiger partial charge in [-0.05, 0) is 5.56 Å². The van der Waals surface area contributed by atoms with Gasteiger partial charge in [-0.25, -0.2) is 0 Å². The molecular formula is C8H12ClNO. The predicted octanol–water partition coefficient (Wildman–Crippen LogP) is 0.928. The third-order valence-electron chi connectivity index (χ3n) is 1.29. The van der Waals surface area contributed by atoms with Gasteiger partial charge in [-0.1, -0.05) is 30.3 Å². The van der Waals surface area contributed by atoms with Crippen molar-refractivity contribution in [3.8, 4) is 0 Å². The van der Waals surface area contributed by atoms with Crippen LogP contribution < -0.4 is 5.73 Å². The maximum Gasteiger partial charge on any atom is 0.106 e. The van der Waals surface area contributed by atoms with E-state index in [-0.39, 0.29) is 12.4 Å². The third-order valence-corrected chi connectivity index (χ3v) is 1.29. The van der Waals surface area contributed by atoms with Crippen LogP contribution in [0.4, 0.5) is 0 Å². The summed E-state index contributed by atoms with van der Waals surface area (Å²) < 4.78 is 0. The molecule has 0 saturated heterocycles. The molecule has 0 unspecified atom stereocenters. The number of aliphatic hydroxyl groups excluding tert-OH is 1. The average Bonchev–Trinajstić information content (AvgIpc) is 1.88. The summed E-state index contributed by atoms with van der Waals surface area (Å²) in [5.41, 5.74) is 6.25. The van der Waals surface area contributed by atoms with Gasteiger partial charge in [0.1, 0.15) is 6.23 Å². The Balaban J connectivity index is 0.000001000. The summed E-state index contributed by atoms with van der Waals surface area (Å²) in [5, 5.41) is 8.78. The van der Waals surface area contributed by atoms with E-state index in [9.17, 15) is 0 Å². The van der Waals surface area contributed by atoms with Gasteiger partial charge in [0.15, 0.2) is 0 Å². The Morgan fingerprint density at radius 1 is 1.27 bits per heavy atom. The minimum absolute atomic E-state index is 0. The molecule has 0 heterocycles. The number of halogens is 1. The van der Waals surface area contributed by atoms with E-state index in [0.717, 1.165) is 5.56 Å². The van der Waals surface area contributed by atoms with Crippen molar-refractivity contribution in [2.24, 2.45) is 5.73 Å². The fourth-order valence-electron chi connectivity index (χ4n) is 0.856. The van der Waals surface area contributed by atoms with Crippen LogP contribution in [0.5, 0.6) is 0 Å². The highest BCUT2D eigenvalue weighted by molar-refractivity contribution is 5.85. The van der Waals surface area contributed by atoms with E-state index in [1.54, 1.807) is 0 Å². The molecule has 0 aliphatic rings. The molecule has 3 heteroatoms. The number of hydrogen-bond donors (Lipinski definition) is 2. The van der Waals surface area contributed by atoms with Crippen LogP contribution in [-0.2, 0) is 6.42 Å². The lowest BCUT2D eigenvalue weighted by Gasteiger charge is -2.02. The lowest BCUT2D eigenvalue weighted by molar-refractivity contribution is 0.183. The first-order valence-electron chi connectivity index (χ1n) is 3.26. The molecule has 0 radical (unpaired) electrons. The summed E-state index contributed by atoms with van der Waals surface area (Å²) in [6, 6.07) is 9.67. The molecule has 1 aromatic rings. The monoisotopic (exact) mass is 173 g/mol. The highest BCUT2D eigenvalue weighted by Gasteiger charge is 1.95. The smallest absolute Gasteiger partial charge is 0.106 e. The molecule has 1 aromatic carbocycles. The topological polar surface area (TPSA) is 46.2 Å². The van der Waals surface area contributed by atoms with E-state index >= 15 is 0 Å². The fraction of sp³-hybridized carbons (Fsp3) is 0.250. The maximum absolute atomic E-state index is 8.78. The normalized spacial score (nSPS) is 11.8. The van der Waals surface area contributed by atoms with Crippen molar-refractivity contribution in [1.82, 2.24) is 0 Å². The molecule has 0 aromatic heterocycles. The predicted molar refractivity (Wildman–Crippen MR) is 47.6 cm³/mol. The molecular weight excluding hydrogens is 162 g/mol. The minimum Gasteiger partial charge on any atom is -0.378 e. The Bertz CT molecular complexity index is 189. The van der Waals surface area contributed by atoms with Gasteiger partial charge in [-0.3, -0.25) is 0 Å². The van der Waals surface area contributed by atoms with Crippen molar-refractivity contribution in [2.75, 3.05) is 0 Å². The second-order valence-corrected chi connectivity index (χ2v) is 2.26. The van der Waals surface area contributed by atoms with Crippen molar-refractivity contribution in [3.05, 3.63) is 35.9 Å². The zero-order chi connectivity index (χ0) is 7.40. The molecule has 0 bridgehead atoms. The van der Waals surface area contributed by atoms with Gasteiger partial charge in [0, 0.05) is 6.42 Å². The Morgan fingerprint density at radius 2 is 1.82 bits per heavy atom. The Morgan fingerprint density at radius 3 is 2.27 bits per heavy atom. The van der Waals surface area contributed by atoms with Crippen LogP contribution in [0.3, 0.4) is 0 Å². The summed E-state index contributed by atoms with van der Waals surface area (Å²) in [7, 11) is 0. The number of rotatable bonds is 2. The first kappa shape index (κ1) is 10.4. The standard InChI is InChI=1S/C8H11NO.ClH/c9-8(10)6-7-4-2-1-3-5-7;/h1-5,8,10H,6,9H2;1H/t8-;/m1./s1. The summed E-state index contributed by atoms with van der Waals surface area (Å²) >= 11 is 0. The van der Waals surface area contributed by atoms with Crippen LogP contribution in [0, 0.1) is 0 Å². The summed E-state index contributed by atoms with van der Waals surface area (Å²) in [5.74, 6) is 0. The number of aliphatic hydroxyl groups is 1. The highest BCUT2D eigenvalue weighted by Crippen LogP contribution is 1.99. The molecule has 2 nitrogen and oxygen atoms in total. The molecule has 0 aliphatic carbocycles. The van der Waals surface area contributed by atoms with Gasteiger partial charge >= 0.3 is 0 Å². The van der Waals surface area contributed by atoms with E-state index < -0.39 is 6.23 Å². The Hall–Kier alpha value is -0.570. The second-order valence-electron chi connectivity index (χ2n) is 2.26. The summed E-state index contributed by atoms with van der Waals surface area (Å²) in [6.45, 7) is 0. The van der Waals surface area contributed by atoms with Crippen LogP contribution in [0.1, 0.15) is 5.56 Å². The van der Waals surface area contributed by atoms with Crippen LogP contribution >= 0.6 is 12.4 Å². The van der Waals surface area contributed by atoms with E-state index in [1.807, 2.05) is 30.3 Å². The van der Waals surface area contributed by atoms with Crippen LogP contribution in [0.15, 0.2) is 30.3 Å². The molecule has 11 heavy (non-hydrogen) atoms. The van der Waals surface area contributed by atoms with Crippen LogP contribution in [0.25, 0.3) is 0 Å². The first-order valence-corrected chi connectivity index (χ1v) is 3.26. The average molecular weight is 174 g/mol. The zero-order valence-corrected chi connectivity index (χ0v) is 6.92. The zero-order valence-electron chi connectivity index (χ0n) is 6.10. The Labute approximate surface area is 72.4 Å². The minimum atomic E-state index is -0.734. The highest BCUT2D eigenvalue weighted by atomic mass is 35.5. The van der Waals surface area contributed by atoms with E-state index in [4.69, 9.17) is 10.8 Å². The molecule has 0 saturated carbocycles. The molecule has 0 amide bonds. The fourth-order valence-corrected chi connectivity index (χ4v) is 0.856.